The molecule has 0 atom stereocenters. The highest BCUT2D eigenvalue weighted by atomic mass is 19.1. The van der Waals surface area contributed by atoms with Crippen LogP contribution in [0.2, 0.25) is 0 Å². The normalized spacial score (nSPS) is 16.6. The Kier molecular flexibility index (Phi) is 4.93. The molecular formula is C23H21FN4O4. The SMILES string of the molecule is CN(C(=O)OCC#CC1=Nc2c(c(=O)n(C3CC3)c(=O)n2C2CC2)C1)c1ccc(F)cc1. The molecule has 0 bridgehead atoms. The van der Waals surface area contributed by atoms with E-state index in [0.717, 1.165) is 25.7 Å². The van der Waals surface area contributed by atoms with Crippen LogP contribution in [0.4, 0.5) is 20.7 Å². The number of aromatic nitrogens is 2. The fourth-order valence-electron chi connectivity index (χ4n) is 3.78. The van der Waals surface area contributed by atoms with Crippen LogP contribution in [0.5, 0.6) is 0 Å². The molecule has 0 N–H and O–H groups in total. The predicted octanol–water partition coefficient (Wildman–Crippen LogP) is 2.72. The summed E-state index contributed by atoms with van der Waals surface area (Å²) < 4.78 is 21.2. The first-order valence-corrected chi connectivity index (χ1v) is 10.6. The van der Waals surface area contributed by atoms with Gasteiger partial charge in [-0.3, -0.25) is 18.8 Å². The number of carbonyl (C=O) groups is 1. The monoisotopic (exact) mass is 436 g/mol. The topological polar surface area (TPSA) is 85.9 Å². The zero-order valence-corrected chi connectivity index (χ0v) is 17.5. The van der Waals surface area contributed by atoms with Gasteiger partial charge in [0.25, 0.3) is 5.56 Å². The molecule has 2 aromatic rings. The summed E-state index contributed by atoms with van der Waals surface area (Å²) in [5, 5.41) is 0. The highest BCUT2D eigenvalue weighted by Gasteiger charge is 2.36. The van der Waals surface area contributed by atoms with Gasteiger partial charge in [0.2, 0.25) is 0 Å². The van der Waals surface area contributed by atoms with Crippen LogP contribution in [0.3, 0.4) is 0 Å². The molecule has 2 aliphatic carbocycles. The lowest BCUT2D eigenvalue weighted by molar-refractivity contribution is 0.169. The Morgan fingerprint density at radius 2 is 1.81 bits per heavy atom. The Morgan fingerprint density at radius 3 is 2.47 bits per heavy atom. The molecule has 2 fully saturated rings. The largest absolute Gasteiger partial charge is 0.436 e. The molecule has 2 heterocycles. The van der Waals surface area contributed by atoms with Crippen LogP contribution in [0.1, 0.15) is 43.3 Å². The minimum Gasteiger partial charge on any atom is -0.436 e. The fraction of sp³-hybridized carbons (Fsp3) is 0.391. The average molecular weight is 436 g/mol. The molecule has 0 saturated heterocycles. The van der Waals surface area contributed by atoms with E-state index in [-0.39, 0.29) is 36.4 Å². The van der Waals surface area contributed by atoms with E-state index < -0.39 is 11.9 Å². The van der Waals surface area contributed by atoms with E-state index >= 15 is 0 Å². The number of hydrogen-bond donors (Lipinski definition) is 0. The summed E-state index contributed by atoms with van der Waals surface area (Å²) in [4.78, 5) is 43.6. The molecule has 164 valence electrons. The Labute approximate surface area is 182 Å². The van der Waals surface area contributed by atoms with Crippen molar-refractivity contribution in [3.63, 3.8) is 0 Å². The number of amides is 1. The highest BCUT2D eigenvalue weighted by Crippen LogP contribution is 2.40. The Morgan fingerprint density at radius 1 is 1.16 bits per heavy atom. The van der Waals surface area contributed by atoms with Gasteiger partial charge in [0.15, 0.2) is 6.61 Å². The second-order valence-electron chi connectivity index (χ2n) is 8.22. The minimum absolute atomic E-state index is 0.00190. The second-order valence-corrected chi connectivity index (χ2v) is 8.22. The van der Waals surface area contributed by atoms with E-state index in [1.54, 1.807) is 4.57 Å². The molecule has 3 aliphatic rings. The number of aliphatic imine (C=N–C) groups is 1. The predicted molar refractivity (Wildman–Crippen MR) is 116 cm³/mol. The molecule has 32 heavy (non-hydrogen) atoms. The van der Waals surface area contributed by atoms with Crippen molar-refractivity contribution in [1.29, 1.82) is 0 Å². The number of fused-ring (bicyclic) bond motifs is 1. The van der Waals surface area contributed by atoms with Crippen LogP contribution in [0.15, 0.2) is 38.8 Å². The summed E-state index contributed by atoms with van der Waals surface area (Å²) in [6.45, 7) is -0.165. The van der Waals surface area contributed by atoms with Gasteiger partial charge in [-0.25, -0.2) is 19.0 Å². The minimum atomic E-state index is -0.627. The van der Waals surface area contributed by atoms with Gasteiger partial charge >= 0.3 is 11.8 Å². The Bertz CT molecular complexity index is 1300. The third-order valence-corrected chi connectivity index (χ3v) is 5.78. The molecule has 0 unspecified atom stereocenters. The van der Waals surface area contributed by atoms with Gasteiger partial charge in [-0.1, -0.05) is 5.92 Å². The lowest BCUT2D eigenvalue weighted by atomic mass is 10.2. The number of carbonyl (C=O) groups excluding carboxylic acids is 1. The summed E-state index contributed by atoms with van der Waals surface area (Å²) in [7, 11) is 1.52. The first kappa shape index (κ1) is 20.2. The molecule has 2 saturated carbocycles. The summed E-state index contributed by atoms with van der Waals surface area (Å²) in [6.07, 6.45) is 3.15. The number of rotatable bonds is 4. The van der Waals surface area contributed by atoms with Crippen molar-refractivity contribution >= 4 is 23.3 Å². The summed E-state index contributed by atoms with van der Waals surface area (Å²) in [6, 6.07) is 5.56. The van der Waals surface area contributed by atoms with Crippen LogP contribution in [0, 0.1) is 17.7 Å². The van der Waals surface area contributed by atoms with Crippen molar-refractivity contribution in [3.8, 4) is 11.8 Å². The van der Waals surface area contributed by atoms with Gasteiger partial charge in [0.1, 0.15) is 11.6 Å². The third-order valence-electron chi connectivity index (χ3n) is 5.78. The van der Waals surface area contributed by atoms with Gasteiger partial charge in [-0.05, 0) is 55.9 Å². The van der Waals surface area contributed by atoms with Crippen molar-refractivity contribution < 1.29 is 13.9 Å². The molecule has 5 rings (SSSR count). The maximum absolute atomic E-state index is 13.0. The van der Waals surface area contributed by atoms with E-state index in [2.05, 4.69) is 16.8 Å². The van der Waals surface area contributed by atoms with E-state index in [4.69, 9.17) is 4.74 Å². The van der Waals surface area contributed by atoms with Crippen molar-refractivity contribution in [2.45, 2.75) is 44.2 Å². The first-order valence-electron chi connectivity index (χ1n) is 10.6. The van der Waals surface area contributed by atoms with Crippen molar-refractivity contribution in [2.75, 3.05) is 18.6 Å². The number of anilines is 1. The van der Waals surface area contributed by atoms with Crippen LogP contribution >= 0.6 is 0 Å². The van der Waals surface area contributed by atoms with E-state index in [1.807, 2.05) is 0 Å². The molecule has 1 aromatic heterocycles. The maximum atomic E-state index is 13.0. The number of benzene rings is 1. The summed E-state index contributed by atoms with van der Waals surface area (Å²) >= 11 is 0. The zero-order chi connectivity index (χ0) is 22.4. The zero-order valence-electron chi connectivity index (χ0n) is 17.5. The van der Waals surface area contributed by atoms with Crippen molar-refractivity contribution in [3.05, 3.63) is 56.5 Å². The molecule has 0 radical (unpaired) electrons. The molecule has 9 heteroatoms. The molecule has 8 nitrogen and oxygen atoms in total. The van der Waals surface area contributed by atoms with E-state index in [1.165, 1.54) is 40.8 Å². The first-order chi connectivity index (χ1) is 15.4. The number of hydrogen-bond acceptors (Lipinski definition) is 5. The van der Waals surface area contributed by atoms with Crippen molar-refractivity contribution in [2.24, 2.45) is 4.99 Å². The van der Waals surface area contributed by atoms with Gasteiger partial charge in [-0.2, -0.15) is 0 Å². The smallest absolute Gasteiger partial charge is 0.414 e. The number of ether oxygens (including phenoxy) is 1. The molecule has 1 aliphatic heterocycles. The van der Waals surface area contributed by atoms with Gasteiger partial charge < -0.3 is 4.74 Å². The maximum Gasteiger partial charge on any atom is 0.414 e. The highest BCUT2D eigenvalue weighted by molar-refractivity contribution is 6.06. The molecular weight excluding hydrogens is 415 g/mol. The molecule has 1 aromatic carbocycles. The van der Waals surface area contributed by atoms with Crippen LogP contribution in [-0.4, -0.2) is 34.6 Å². The van der Waals surface area contributed by atoms with Crippen LogP contribution in [0.25, 0.3) is 0 Å². The quantitative estimate of drug-likeness (QED) is 0.690. The standard InChI is InChI=1S/C23H21FN4O4/c1-26(16-6-4-14(24)5-7-16)23(31)32-12-2-3-15-13-19-20(25-15)27(17-8-9-17)22(30)28(21(19)29)18-10-11-18/h4-7,17-18H,8-13H2,1H3. The summed E-state index contributed by atoms with van der Waals surface area (Å²) in [5.41, 5.74) is 0.944. The average Bonchev–Trinajstić information content (AvgIpc) is 3.70. The fourth-order valence-corrected chi connectivity index (χ4v) is 3.78. The van der Waals surface area contributed by atoms with Gasteiger partial charge in [-0.15, -0.1) is 0 Å². The summed E-state index contributed by atoms with van der Waals surface area (Å²) in [5.74, 6) is 5.64. The van der Waals surface area contributed by atoms with Crippen LogP contribution < -0.4 is 16.1 Å². The molecule has 0 spiro atoms. The van der Waals surface area contributed by atoms with Gasteiger partial charge in [0.05, 0.1) is 11.3 Å². The van der Waals surface area contributed by atoms with Crippen LogP contribution in [-0.2, 0) is 11.2 Å². The number of halogens is 1. The van der Waals surface area contributed by atoms with E-state index in [0.29, 0.717) is 22.8 Å². The Hall–Kier alpha value is -3.67. The second kappa shape index (κ2) is 7.79. The lowest BCUT2D eigenvalue weighted by Gasteiger charge is -2.15. The van der Waals surface area contributed by atoms with E-state index in [9.17, 15) is 18.8 Å². The third kappa shape index (κ3) is 3.73. The van der Waals surface area contributed by atoms with Gasteiger partial charge in [0, 0.05) is 31.2 Å². The Balaban J connectivity index is 1.29. The van der Waals surface area contributed by atoms with Crippen molar-refractivity contribution in [1.82, 2.24) is 9.13 Å². The molecule has 1 amide bonds. The number of nitrogens with zero attached hydrogens (tertiary/aromatic N) is 4. The lowest BCUT2D eigenvalue weighted by Crippen LogP contribution is -2.40.